The summed E-state index contributed by atoms with van der Waals surface area (Å²) in [6.07, 6.45) is 0.105. The molecule has 0 aromatic heterocycles. The lowest BCUT2D eigenvalue weighted by molar-refractivity contribution is 0.0771. The Morgan fingerprint density at radius 1 is 1.39 bits per heavy atom. The summed E-state index contributed by atoms with van der Waals surface area (Å²) in [5, 5.41) is 2.42. The number of halogens is 1. The molecule has 1 unspecified atom stereocenters. The Labute approximate surface area is 137 Å². The standard InChI is InChI=1S/C18H24FNO3/c1-6-16(19)17(12(2)3)20-18(21)23-14(5)11-22-15-9-7-8-13(4)10-15/h6-10,14H,11H2,1-5H3,(H,20,21)/b16-6+. The first-order valence-electron chi connectivity index (χ1n) is 7.50. The fraction of sp³-hybridized carbons (Fsp3) is 0.389. The zero-order chi connectivity index (χ0) is 17.4. The third-order valence-electron chi connectivity index (χ3n) is 3.00. The van der Waals surface area contributed by atoms with E-state index in [1.165, 1.54) is 6.08 Å². The number of alkyl carbamates (subject to hydrolysis) is 1. The van der Waals surface area contributed by atoms with Gasteiger partial charge in [0.05, 0.1) is 5.70 Å². The molecule has 1 N–H and O–H groups in total. The molecule has 23 heavy (non-hydrogen) atoms. The quantitative estimate of drug-likeness (QED) is 0.775. The summed E-state index contributed by atoms with van der Waals surface area (Å²) in [4.78, 5) is 11.8. The van der Waals surface area contributed by atoms with Gasteiger partial charge in [0.25, 0.3) is 0 Å². The van der Waals surface area contributed by atoms with Gasteiger partial charge in [-0.1, -0.05) is 12.1 Å². The van der Waals surface area contributed by atoms with E-state index < -0.39 is 18.0 Å². The van der Waals surface area contributed by atoms with Gasteiger partial charge < -0.3 is 9.47 Å². The molecule has 1 amide bonds. The molecule has 0 saturated heterocycles. The molecule has 0 saturated carbocycles. The Morgan fingerprint density at radius 3 is 2.65 bits per heavy atom. The highest BCUT2D eigenvalue weighted by atomic mass is 19.1. The van der Waals surface area contributed by atoms with Crippen LogP contribution >= 0.6 is 0 Å². The molecule has 4 nitrogen and oxygen atoms in total. The van der Waals surface area contributed by atoms with E-state index in [2.05, 4.69) is 5.32 Å². The fourth-order valence-corrected chi connectivity index (χ4v) is 1.83. The number of ether oxygens (including phenoxy) is 2. The number of carbonyl (C=O) groups excluding carboxylic acids is 1. The summed E-state index contributed by atoms with van der Waals surface area (Å²) in [6, 6.07) is 7.60. The fourth-order valence-electron chi connectivity index (χ4n) is 1.83. The van der Waals surface area contributed by atoms with Crippen LogP contribution in [0.5, 0.6) is 5.75 Å². The number of nitrogens with one attached hydrogen (secondary N) is 1. The molecule has 1 atom stereocenters. The molecule has 1 aromatic rings. The van der Waals surface area contributed by atoms with Crippen LogP contribution in [-0.2, 0) is 4.74 Å². The molecule has 1 aromatic carbocycles. The number of aryl methyl sites for hydroxylation is 1. The Kier molecular flexibility index (Phi) is 7.32. The van der Waals surface area contributed by atoms with Crippen molar-refractivity contribution in [1.82, 2.24) is 5.32 Å². The lowest BCUT2D eigenvalue weighted by Gasteiger charge is -2.16. The van der Waals surface area contributed by atoms with E-state index in [1.54, 1.807) is 27.7 Å². The average Bonchev–Trinajstić information content (AvgIpc) is 2.49. The number of rotatable bonds is 6. The summed E-state index contributed by atoms with van der Waals surface area (Å²) in [7, 11) is 0. The Morgan fingerprint density at radius 2 is 2.09 bits per heavy atom. The third kappa shape index (κ3) is 6.55. The highest BCUT2D eigenvalue weighted by molar-refractivity contribution is 5.71. The van der Waals surface area contributed by atoms with E-state index in [0.29, 0.717) is 11.3 Å². The molecule has 0 radical (unpaired) electrons. The predicted octanol–water partition coefficient (Wildman–Crippen LogP) is 4.66. The second-order valence-electron chi connectivity index (χ2n) is 5.48. The maximum absolute atomic E-state index is 13.7. The monoisotopic (exact) mass is 321 g/mol. The van der Waals surface area contributed by atoms with Crippen molar-refractivity contribution in [3.63, 3.8) is 0 Å². The maximum Gasteiger partial charge on any atom is 0.412 e. The first kappa shape index (κ1) is 18.7. The van der Waals surface area contributed by atoms with Crippen molar-refractivity contribution in [3.8, 4) is 5.75 Å². The van der Waals surface area contributed by atoms with Crippen molar-refractivity contribution in [3.05, 3.63) is 53.0 Å². The van der Waals surface area contributed by atoms with Crippen LogP contribution < -0.4 is 10.1 Å². The first-order chi connectivity index (χ1) is 10.8. The number of carbonyl (C=O) groups is 1. The van der Waals surface area contributed by atoms with Gasteiger partial charge in [-0.25, -0.2) is 9.18 Å². The molecule has 5 heteroatoms. The van der Waals surface area contributed by atoms with Gasteiger partial charge in [0.1, 0.15) is 24.3 Å². The summed E-state index contributed by atoms with van der Waals surface area (Å²) >= 11 is 0. The summed E-state index contributed by atoms with van der Waals surface area (Å²) in [5.74, 6) is 0.219. The van der Waals surface area contributed by atoms with Gasteiger partial charge >= 0.3 is 6.09 Å². The van der Waals surface area contributed by atoms with Crippen molar-refractivity contribution in [2.75, 3.05) is 6.61 Å². The Bertz CT molecular complexity index is 604. The molecular weight excluding hydrogens is 297 g/mol. The second kappa shape index (κ2) is 8.98. The number of benzene rings is 1. The van der Waals surface area contributed by atoms with Gasteiger partial charge in [-0.15, -0.1) is 0 Å². The van der Waals surface area contributed by atoms with Gasteiger partial charge in [0.2, 0.25) is 0 Å². The highest BCUT2D eigenvalue weighted by Gasteiger charge is 2.14. The van der Waals surface area contributed by atoms with Crippen molar-refractivity contribution < 1.29 is 18.7 Å². The lowest BCUT2D eigenvalue weighted by atomic mass is 10.2. The highest BCUT2D eigenvalue weighted by Crippen LogP contribution is 2.14. The lowest BCUT2D eigenvalue weighted by Crippen LogP contribution is -2.30. The van der Waals surface area contributed by atoms with Crippen LogP contribution in [0, 0.1) is 6.92 Å². The minimum Gasteiger partial charge on any atom is -0.490 e. The van der Waals surface area contributed by atoms with Crippen molar-refractivity contribution >= 4 is 6.09 Å². The SMILES string of the molecule is C/C=C(/F)C(NC(=O)OC(C)COc1cccc(C)c1)=C(C)C. The first-order valence-corrected chi connectivity index (χ1v) is 7.50. The van der Waals surface area contributed by atoms with Gasteiger partial charge in [-0.05, 0) is 64.0 Å². The van der Waals surface area contributed by atoms with Crippen LogP contribution in [-0.4, -0.2) is 18.8 Å². The van der Waals surface area contributed by atoms with Gasteiger partial charge in [0, 0.05) is 0 Å². The summed E-state index contributed by atoms with van der Waals surface area (Å²) in [5.41, 5.74) is 1.87. The van der Waals surface area contributed by atoms with Crippen LogP contribution in [0.2, 0.25) is 0 Å². The van der Waals surface area contributed by atoms with E-state index in [9.17, 15) is 9.18 Å². The molecule has 0 bridgehead atoms. The van der Waals surface area contributed by atoms with E-state index in [0.717, 1.165) is 5.56 Å². The van der Waals surface area contributed by atoms with E-state index in [-0.39, 0.29) is 12.3 Å². The van der Waals surface area contributed by atoms with Crippen molar-refractivity contribution in [1.29, 1.82) is 0 Å². The minimum absolute atomic E-state index is 0.129. The summed E-state index contributed by atoms with van der Waals surface area (Å²) in [6.45, 7) is 8.88. The smallest absolute Gasteiger partial charge is 0.412 e. The van der Waals surface area contributed by atoms with E-state index in [4.69, 9.17) is 9.47 Å². The van der Waals surface area contributed by atoms with Gasteiger partial charge in [-0.2, -0.15) is 0 Å². The predicted molar refractivity (Wildman–Crippen MR) is 89.0 cm³/mol. The molecular formula is C18H24FNO3. The number of hydrogen-bond acceptors (Lipinski definition) is 3. The minimum atomic E-state index is -0.710. The van der Waals surface area contributed by atoms with Gasteiger partial charge in [0.15, 0.2) is 0 Å². The largest absolute Gasteiger partial charge is 0.490 e. The average molecular weight is 321 g/mol. The molecule has 0 fully saturated rings. The summed E-state index contributed by atoms with van der Waals surface area (Å²) < 4.78 is 24.4. The zero-order valence-electron chi connectivity index (χ0n) is 14.3. The topological polar surface area (TPSA) is 47.6 Å². The molecule has 0 aliphatic heterocycles. The van der Waals surface area contributed by atoms with Crippen LogP contribution in [0.25, 0.3) is 0 Å². The third-order valence-corrected chi connectivity index (χ3v) is 3.00. The van der Waals surface area contributed by atoms with Gasteiger partial charge in [-0.3, -0.25) is 5.32 Å². The molecule has 0 aliphatic rings. The maximum atomic E-state index is 13.7. The normalized spacial score (nSPS) is 12.3. The van der Waals surface area contributed by atoms with Crippen LogP contribution in [0.15, 0.2) is 47.4 Å². The molecule has 0 aliphatic carbocycles. The second-order valence-corrected chi connectivity index (χ2v) is 5.48. The van der Waals surface area contributed by atoms with Crippen LogP contribution in [0.3, 0.4) is 0 Å². The number of hydrogen-bond donors (Lipinski definition) is 1. The molecule has 1 rings (SSSR count). The van der Waals surface area contributed by atoms with E-state index >= 15 is 0 Å². The van der Waals surface area contributed by atoms with Crippen LogP contribution in [0.1, 0.15) is 33.3 Å². The molecule has 0 spiro atoms. The molecule has 0 heterocycles. The van der Waals surface area contributed by atoms with E-state index in [1.807, 2.05) is 31.2 Å². The van der Waals surface area contributed by atoms with Crippen LogP contribution in [0.4, 0.5) is 9.18 Å². The molecule has 126 valence electrons. The van der Waals surface area contributed by atoms with Crippen molar-refractivity contribution in [2.45, 2.75) is 40.7 Å². The Hall–Kier alpha value is -2.30. The Balaban J connectivity index is 2.52. The number of amides is 1. The van der Waals surface area contributed by atoms with Crippen molar-refractivity contribution in [2.24, 2.45) is 0 Å². The number of allylic oxidation sites excluding steroid dienone is 3. The zero-order valence-corrected chi connectivity index (χ0v) is 14.3.